The average molecular weight is 347 g/mol. The molecule has 2 aromatic carbocycles. The van der Waals surface area contributed by atoms with Gasteiger partial charge >= 0.3 is 0 Å². The monoisotopic (exact) mass is 347 g/mol. The van der Waals surface area contributed by atoms with E-state index in [0.717, 1.165) is 6.07 Å². The van der Waals surface area contributed by atoms with Crippen molar-refractivity contribution in [1.29, 1.82) is 0 Å². The van der Waals surface area contributed by atoms with Crippen LogP contribution in [0.4, 0.5) is 24.5 Å². The van der Waals surface area contributed by atoms with Crippen LogP contribution in [0.1, 0.15) is 13.8 Å². The Hall–Kier alpha value is -2.76. The lowest BCUT2D eigenvalue weighted by atomic mass is 10.00. The molecule has 3 aromatic rings. The van der Waals surface area contributed by atoms with Crippen molar-refractivity contribution in [3.05, 3.63) is 54.0 Å². The van der Waals surface area contributed by atoms with E-state index in [2.05, 4.69) is 4.98 Å². The van der Waals surface area contributed by atoms with E-state index in [1.54, 1.807) is 18.2 Å². The quantitative estimate of drug-likeness (QED) is 0.664. The maximum atomic E-state index is 14.1. The first-order chi connectivity index (χ1) is 11.9. The van der Waals surface area contributed by atoms with Crippen LogP contribution in [0.2, 0.25) is 0 Å². The fourth-order valence-corrected chi connectivity index (χ4v) is 2.69. The molecule has 132 valence electrons. The van der Waals surface area contributed by atoms with Gasteiger partial charge in [0.05, 0.1) is 23.1 Å². The lowest BCUT2D eigenvalue weighted by Crippen LogP contribution is -2.12. The molecule has 0 radical (unpaired) electrons. The summed E-state index contributed by atoms with van der Waals surface area (Å²) >= 11 is 0. The van der Waals surface area contributed by atoms with E-state index in [9.17, 15) is 13.2 Å². The highest BCUT2D eigenvalue weighted by atomic mass is 19.2. The molecule has 2 N–H and O–H groups in total. The minimum absolute atomic E-state index is 0.171. The highest BCUT2D eigenvalue weighted by molar-refractivity contribution is 6.04. The summed E-state index contributed by atoms with van der Waals surface area (Å²) in [5, 5.41) is 0.677. The van der Waals surface area contributed by atoms with Gasteiger partial charge in [0.2, 0.25) is 0 Å². The molecule has 6 heteroatoms. The Labute approximate surface area is 144 Å². The number of nitrogen functional groups attached to an aromatic ring is 1. The molecule has 0 aliphatic rings. The van der Waals surface area contributed by atoms with Crippen molar-refractivity contribution in [2.45, 2.75) is 13.8 Å². The second kappa shape index (κ2) is 7.42. The molecule has 0 amide bonds. The second-order valence-corrected chi connectivity index (χ2v) is 5.41. The van der Waals surface area contributed by atoms with Gasteiger partial charge in [-0.05, 0) is 6.07 Å². The van der Waals surface area contributed by atoms with E-state index >= 15 is 0 Å². The topological polar surface area (TPSA) is 42.1 Å². The summed E-state index contributed by atoms with van der Waals surface area (Å²) in [5.41, 5.74) is 7.70. The van der Waals surface area contributed by atoms with Gasteiger partial charge in [-0.2, -0.15) is 0 Å². The first-order valence-electron chi connectivity index (χ1n) is 7.89. The lowest BCUT2D eigenvalue weighted by Gasteiger charge is -2.18. The van der Waals surface area contributed by atoms with E-state index < -0.39 is 17.5 Å². The number of fused-ring (bicyclic) bond motifs is 1. The van der Waals surface area contributed by atoms with Gasteiger partial charge in [0, 0.05) is 36.7 Å². The van der Waals surface area contributed by atoms with Crippen LogP contribution >= 0.6 is 0 Å². The van der Waals surface area contributed by atoms with Gasteiger partial charge in [-0.3, -0.25) is 4.98 Å². The van der Waals surface area contributed by atoms with Gasteiger partial charge in [0.15, 0.2) is 11.6 Å². The van der Waals surface area contributed by atoms with Crippen molar-refractivity contribution in [3.8, 4) is 11.1 Å². The van der Waals surface area contributed by atoms with E-state index in [-0.39, 0.29) is 5.56 Å². The molecule has 1 heterocycles. The minimum atomic E-state index is -1.24. The van der Waals surface area contributed by atoms with Gasteiger partial charge in [0.25, 0.3) is 0 Å². The van der Waals surface area contributed by atoms with Crippen LogP contribution in [0.15, 0.2) is 36.5 Å². The largest absolute Gasteiger partial charge is 0.396 e. The number of nitrogens with two attached hydrogens (primary N) is 1. The number of anilines is 2. The molecular weight excluding hydrogens is 327 g/mol. The second-order valence-electron chi connectivity index (χ2n) is 5.41. The van der Waals surface area contributed by atoms with Crippen molar-refractivity contribution >= 4 is 22.3 Å². The zero-order valence-electron chi connectivity index (χ0n) is 14.6. The SMILES string of the molecule is CC.CN(C)c1c(N)cnc2c(-c3cc(F)cc(F)c3F)cccc12. The molecule has 0 saturated carbocycles. The molecule has 0 fully saturated rings. The number of benzene rings is 2. The average Bonchev–Trinajstić information content (AvgIpc) is 2.58. The molecule has 0 bridgehead atoms. The van der Waals surface area contributed by atoms with Crippen LogP contribution < -0.4 is 10.6 Å². The van der Waals surface area contributed by atoms with E-state index in [1.807, 2.05) is 32.8 Å². The number of nitrogens with zero attached hydrogens (tertiary/aromatic N) is 2. The molecule has 0 unspecified atom stereocenters. The van der Waals surface area contributed by atoms with Gasteiger partial charge in [-0.25, -0.2) is 13.2 Å². The number of para-hydroxylation sites is 1. The van der Waals surface area contributed by atoms with Gasteiger partial charge in [0.1, 0.15) is 5.82 Å². The molecule has 0 aliphatic heterocycles. The summed E-state index contributed by atoms with van der Waals surface area (Å²) in [5.74, 6) is -3.19. The molecule has 3 rings (SSSR count). The molecule has 0 spiro atoms. The highest BCUT2D eigenvalue weighted by Crippen LogP contribution is 2.36. The molecule has 25 heavy (non-hydrogen) atoms. The predicted octanol–water partition coefficient (Wildman–Crippen LogP) is 4.99. The Bertz CT molecular complexity index is 908. The van der Waals surface area contributed by atoms with E-state index in [1.165, 1.54) is 6.20 Å². The first kappa shape index (κ1) is 18.6. The van der Waals surface area contributed by atoms with E-state index in [0.29, 0.717) is 33.9 Å². The van der Waals surface area contributed by atoms with Gasteiger partial charge < -0.3 is 10.6 Å². The maximum absolute atomic E-state index is 14.1. The van der Waals surface area contributed by atoms with Crippen LogP contribution in [0.3, 0.4) is 0 Å². The van der Waals surface area contributed by atoms with Crippen molar-refractivity contribution in [2.75, 3.05) is 24.7 Å². The molecule has 0 saturated heterocycles. The van der Waals surface area contributed by atoms with Crippen molar-refractivity contribution < 1.29 is 13.2 Å². The summed E-state index contributed by atoms with van der Waals surface area (Å²) in [7, 11) is 3.64. The Morgan fingerprint density at radius 1 is 1.00 bits per heavy atom. The third kappa shape index (κ3) is 3.38. The molecule has 0 aliphatic carbocycles. The molecule has 3 nitrogen and oxygen atoms in total. The number of aromatic nitrogens is 1. The fourth-order valence-electron chi connectivity index (χ4n) is 2.69. The number of hydrogen-bond acceptors (Lipinski definition) is 3. The summed E-state index contributed by atoms with van der Waals surface area (Å²) in [6.07, 6.45) is 1.45. The third-order valence-electron chi connectivity index (χ3n) is 3.63. The first-order valence-corrected chi connectivity index (χ1v) is 7.89. The van der Waals surface area contributed by atoms with Crippen LogP contribution in [0, 0.1) is 17.5 Å². The summed E-state index contributed by atoms with van der Waals surface area (Å²) < 4.78 is 41.2. The summed E-state index contributed by atoms with van der Waals surface area (Å²) in [4.78, 5) is 6.05. The van der Waals surface area contributed by atoms with Crippen molar-refractivity contribution in [3.63, 3.8) is 0 Å². The van der Waals surface area contributed by atoms with E-state index in [4.69, 9.17) is 5.73 Å². The lowest BCUT2D eigenvalue weighted by molar-refractivity contribution is 0.497. The van der Waals surface area contributed by atoms with Gasteiger partial charge in [-0.15, -0.1) is 0 Å². The normalized spacial score (nSPS) is 10.4. The zero-order chi connectivity index (χ0) is 18.7. The Morgan fingerprint density at radius 3 is 2.32 bits per heavy atom. The number of halogens is 3. The van der Waals surface area contributed by atoms with Crippen LogP contribution in [0.25, 0.3) is 22.0 Å². The number of pyridine rings is 1. The van der Waals surface area contributed by atoms with Crippen LogP contribution in [-0.4, -0.2) is 19.1 Å². The third-order valence-corrected chi connectivity index (χ3v) is 3.63. The van der Waals surface area contributed by atoms with Crippen molar-refractivity contribution in [1.82, 2.24) is 4.98 Å². The summed E-state index contributed by atoms with van der Waals surface area (Å²) in [6, 6.07) is 6.50. The highest BCUT2D eigenvalue weighted by Gasteiger charge is 2.17. The molecular formula is C19H20F3N3. The minimum Gasteiger partial charge on any atom is -0.396 e. The van der Waals surface area contributed by atoms with Gasteiger partial charge in [-0.1, -0.05) is 32.0 Å². The number of hydrogen-bond donors (Lipinski definition) is 1. The molecule has 1 aromatic heterocycles. The summed E-state index contributed by atoms with van der Waals surface area (Å²) in [6.45, 7) is 4.00. The fraction of sp³-hybridized carbons (Fsp3) is 0.211. The van der Waals surface area contributed by atoms with Crippen LogP contribution in [-0.2, 0) is 0 Å². The van der Waals surface area contributed by atoms with Crippen molar-refractivity contribution in [2.24, 2.45) is 0 Å². The standard InChI is InChI=1S/C17H14F3N3.C2H6/c1-23(2)17-11-5-3-4-10(16(11)22-8-14(17)21)12-6-9(18)7-13(19)15(12)20;1-2/h3-8H,21H2,1-2H3;1-2H3. The maximum Gasteiger partial charge on any atom is 0.166 e. The molecule has 0 atom stereocenters. The Morgan fingerprint density at radius 2 is 1.68 bits per heavy atom. The predicted molar refractivity (Wildman–Crippen MR) is 97.1 cm³/mol. The number of rotatable bonds is 2. The smallest absolute Gasteiger partial charge is 0.166 e. The zero-order valence-corrected chi connectivity index (χ0v) is 14.6. The van der Waals surface area contributed by atoms with Crippen LogP contribution in [0.5, 0.6) is 0 Å². The Balaban J connectivity index is 0.00000109. The Kier molecular flexibility index (Phi) is 5.51.